The first kappa shape index (κ1) is 14.4. The van der Waals surface area contributed by atoms with Crippen LogP contribution in [0, 0.1) is 23.5 Å². The van der Waals surface area contributed by atoms with Gasteiger partial charge in [0, 0.05) is 12.6 Å². The number of amides is 2. The summed E-state index contributed by atoms with van der Waals surface area (Å²) in [6.45, 7) is 3.11. The summed E-state index contributed by atoms with van der Waals surface area (Å²) in [4.78, 5) is 23.0. The third-order valence-corrected chi connectivity index (χ3v) is 3.43. The molecule has 1 aliphatic heterocycles. The highest BCUT2D eigenvalue weighted by Gasteiger charge is 2.30. The minimum Gasteiger partial charge on any atom is -0.366 e. The van der Waals surface area contributed by atoms with Gasteiger partial charge in [0.25, 0.3) is 5.91 Å². The molecule has 5 nitrogen and oxygen atoms in total. The lowest BCUT2D eigenvalue weighted by Crippen LogP contribution is -2.28. The number of nitrogens with two attached hydrogens (primary N) is 1. The maximum absolute atomic E-state index is 13.6. The van der Waals surface area contributed by atoms with Gasteiger partial charge in [0.15, 0.2) is 0 Å². The van der Waals surface area contributed by atoms with Crippen LogP contribution in [-0.4, -0.2) is 24.9 Å². The second-order valence-electron chi connectivity index (χ2n) is 4.91. The molecule has 1 fully saturated rings. The van der Waals surface area contributed by atoms with Crippen LogP contribution in [0.5, 0.6) is 0 Å². The third-order valence-electron chi connectivity index (χ3n) is 3.43. The highest BCUT2D eigenvalue weighted by molar-refractivity contribution is 5.97. The molecule has 1 aromatic rings. The number of benzene rings is 1. The zero-order valence-electron chi connectivity index (χ0n) is 10.9. The number of primary amides is 1. The van der Waals surface area contributed by atoms with Crippen LogP contribution in [0.15, 0.2) is 12.1 Å². The van der Waals surface area contributed by atoms with Crippen LogP contribution in [0.2, 0.25) is 0 Å². The molecule has 0 radical (unpaired) electrons. The molecule has 0 aromatic heterocycles. The molecule has 7 heteroatoms. The summed E-state index contributed by atoms with van der Waals surface area (Å²) in [5, 5.41) is 5.43. The minimum atomic E-state index is -1.05. The smallest absolute Gasteiger partial charge is 0.251 e. The Balaban J connectivity index is 2.22. The molecule has 0 aliphatic carbocycles. The first-order valence-corrected chi connectivity index (χ1v) is 6.20. The molecule has 2 rings (SSSR count). The van der Waals surface area contributed by atoms with Crippen LogP contribution in [0.4, 0.5) is 14.5 Å². The molecule has 1 aliphatic rings. The highest BCUT2D eigenvalue weighted by atomic mass is 19.1. The Morgan fingerprint density at radius 3 is 2.55 bits per heavy atom. The summed E-state index contributed by atoms with van der Waals surface area (Å²) in [6.07, 6.45) is 0. The normalized spacial score (nSPS) is 21.8. The van der Waals surface area contributed by atoms with Gasteiger partial charge < -0.3 is 16.4 Å². The van der Waals surface area contributed by atoms with Gasteiger partial charge in [0.05, 0.1) is 17.2 Å². The zero-order chi connectivity index (χ0) is 14.9. The van der Waals surface area contributed by atoms with Crippen molar-refractivity contribution in [2.24, 2.45) is 17.6 Å². The molecule has 108 valence electrons. The molecular weight excluding hydrogens is 268 g/mol. The average Bonchev–Trinajstić information content (AvgIpc) is 2.78. The maximum atomic E-state index is 13.6. The van der Waals surface area contributed by atoms with Crippen molar-refractivity contribution in [3.63, 3.8) is 0 Å². The quantitative estimate of drug-likeness (QED) is 0.769. The molecule has 1 saturated heterocycles. The van der Waals surface area contributed by atoms with Gasteiger partial charge in [-0.15, -0.1) is 0 Å². The molecule has 2 amide bonds. The van der Waals surface area contributed by atoms with Crippen molar-refractivity contribution in [2.75, 3.05) is 18.4 Å². The summed E-state index contributed by atoms with van der Waals surface area (Å²) in [7, 11) is 0. The van der Waals surface area contributed by atoms with Crippen LogP contribution < -0.4 is 16.4 Å². The second kappa shape index (κ2) is 5.54. The van der Waals surface area contributed by atoms with E-state index in [1.165, 1.54) is 0 Å². The van der Waals surface area contributed by atoms with Crippen molar-refractivity contribution < 1.29 is 18.4 Å². The van der Waals surface area contributed by atoms with Crippen LogP contribution >= 0.6 is 0 Å². The molecule has 1 aromatic carbocycles. The number of rotatable bonds is 3. The SMILES string of the molecule is CC1CNCC1C(=O)Nc1cc(C(N)=O)c(F)cc1F. The van der Waals surface area contributed by atoms with Gasteiger partial charge in [0.1, 0.15) is 11.6 Å². The summed E-state index contributed by atoms with van der Waals surface area (Å²) in [5.74, 6) is -3.56. The number of hydrogen-bond acceptors (Lipinski definition) is 3. The standard InChI is InChI=1S/C13H15F2N3O2/c1-6-4-17-5-8(6)13(20)18-11-2-7(12(16)19)9(14)3-10(11)15/h2-3,6,8,17H,4-5H2,1H3,(H2,16,19)(H,18,20). The van der Waals surface area contributed by atoms with Gasteiger partial charge in [-0.25, -0.2) is 8.78 Å². The van der Waals surface area contributed by atoms with Crippen molar-refractivity contribution >= 4 is 17.5 Å². The second-order valence-corrected chi connectivity index (χ2v) is 4.91. The number of nitrogens with one attached hydrogen (secondary N) is 2. The van der Waals surface area contributed by atoms with E-state index in [0.29, 0.717) is 19.2 Å². The first-order chi connectivity index (χ1) is 9.40. The highest BCUT2D eigenvalue weighted by Crippen LogP contribution is 2.22. The lowest BCUT2D eigenvalue weighted by atomic mass is 9.97. The van der Waals surface area contributed by atoms with Crippen LogP contribution in [0.3, 0.4) is 0 Å². The number of carbonyl (C=O) groups excluding carboxylic acids is 2. The molecule has 4 N–H and O–H groups in total. The maximum Gasteiger partial charge on any atom is 0.251 e. The topological polar surface area (TPSA) is 84.2 Å². The molecule has 0 saturated carbocycles. The monoisotopic (exact) mass is 283 g/mol. The molecular formula is C13H15F2N3O2. The first-order valence-electron chi connectivity index (χ1n) is 6.20. The average molecular weight is 283 g/mol. The van der Waals surface area contributed by atoms with E-state index in [9.17, 15) is 18.4 Å². The van der Waals surface area contributed by atoms with E-state index in [4.69, 9.17) is 5.73 Å². The zero-order valence-corrected chi connectivity index (χ0v) is 10.9. The Hall–Kier alpha value is -2.02. The third kappa shape index (κ3) is 2.77. The van der Waals surface area contributed by atoms with Crippen LogP contribution in [0.1, 0.15) is 17.3 Å². The van der Waals surface area contributed by atoms with Gasteiger partial charge in [-0.05, 0) is 18.5 Å². The summed E-state index contributed by atoms with van der Waals surface area (Å²) >= 11 is 0. The van der Waals surface area contributed by atoms with Crippen molar-refractivity contribution in [1.82, 2.24) is 5.32 Å². The summed E-state index contributed by atoms with van der Waals surface area (Å²) < 4.78 is 26.9. The largest absolute Gasteiger partial charge is 0.366 e. The van der Waals surface area contributed by atoms with Crippen LogP contribution in [0.25, 0.3) is 0 Å². The Kier molecular flexibility index (Phi) is 3.99. The van der Waals surface area contributed by atoms with E-state index >= 15 is 0 Å². The van der Waals surface area contributed by atoms with E-state index in [0.717, 1.165) is 6.07 Å². The lowest BCUT2D eigenvalue weighted by Gasteiger charge is -2.15. The molecule has 1 heterocycles. The van der Waals surface area contributed by atoms with E-state index in [2.05, 4.69) is 10.6 Å². The van der Waals surface area contributed by atoms with E-state index in [1.54, 1.807) is 0 Å². The number of hydrogen-bond donors (Lipinski definition) is 3. The van der Waals surface area contributed by atoms with Crippen LogP contribution in [-0.2, 0) is 4.79 Å². The van der Waals surface area contributed by atoms with Gasteiger partial charge in [-0.3, -0.25) is 9.59 Å². The Bertz CT molecular complexity index is 563. The fourth-order valence-electron chi connectivity index (χ4n) is 2.22. The molecule has 2 unspecified atom stereocenters. The number of carbonyl (C=O) groups is 2. The molecule has 0 bridgehead atoms. The van der Waals surface area contributed by atoms with Crippen molar-refractivity contribution in [3.8, 4) is 0 Å². The fraction of sp³-hybridized carbons (Fsp3) is 0.385. The van der Waals surface area contributed by atoms with Crippen molar-refractivity contribution in [2.45, 2.75) is 6.92 Å². The van der Waals surface area contributed by atoms with Gasteiger partial charge >= 0.3 is 0 Å². The molecule has 2 atom stereocenters. The summed E-state index contributed by atoms with van der Waals surface area (Å²) in [5.41, 5.74) is 4.28. The van der Waals surface area contributed by atoms with E-state index < -0.39 is 23.1 Å². The molecule has 20 heavy (non-hydrogen) atoms. The Morgan fingerprint density at radius 1 is 1.30 bits per heavy atom. The Morgan fingerprint density at radius 2 is 2.00 bits per heavy atom. The van der Waals surface area contributed by atoms with Gasteiger partial charge in [-0.1, -0.05) is 6.92 Å². The Labute approximate surface area is 114 Å². The summed E-state index contributed by atoms with van der Waals surface area (Å²) in [6, 6.07) is 1.45. The van der Waals surface area contributed by atoms with Crippen molar-refractivity contribution in [3.05, 3.63) is 29.3 Å². The predicted octanol–water partition coefficient (Wildman–Crippen LogP) is 0.858. The predicted molar refractivity (Wildman–Crippen MR) is 69.0 cm³/mol. The van der Waals surface area contributed by atoms with Gasteiger partial charge in [-0.2, -0.15) is 0 Å². The number of anilines is 1. The number of halogens is 2. The van der Waals surface area contributed by atoms with E-state index in [1.807, 2.05) is 6.92 Å². The minimum absolute atomic E-state index is 0.120. The van der Waals surface area contributed by atoms with Crippen molar-refractivity contribution in [1.29, 1.82) is 0 Å². The molecule has 0 spiro atoms. The lowest BCUT2D eigenvalue weighted by molar-refractivity contribution is -0.120. The fourth-order valence-corrected chi connectivity index (χ4v) is 2.22. The van der Waals surface area contributed by atoms with Gasteiger partial charge in [0.2, 0.25) is 5.91 Å². The van der Waals surface area contributed by atoms with E-state index in [-0.39, 0.29) is 23.4 Å².